The number of carboxylic acids is 1. The third kappa shape index (κ3) is 2.95. The summed E-state index contributed by atoms with van der Waals surface area (Å²) in [5.74, 6) is 0.669. The summed E-state index contributed by atoms with van der Waals surface area (Å²) in [7, 11) is 0. The Hall–Kier alpha value is -1.81. The molecule has 0 saturated heterocycles. The van der Waals surface area contributed by atoms with Crippen LogP contribution in [-0.2, 0) is 4.79 Å². The molecule has 1 aliphatic carbocycles. The van der Waals surface area contributed by atoms with Gasteiger partial charge in [-0.3, -0.25) is 4.79 Å². The number of aromatic nitrogens is 2. The number of aliphatic carboxylic acids is 1. The van der Waals surface area contributed by atoms with E-state index in [1.165, 1.54) is 0 Å². The van der Waals surface area contributed by atoms with Crippen molar-refractivity contribution in [3.05, 3.63) is 47.0 Å². The van der Waals surface area contributed by atoms with E-state index in [2.05, 4.69) is 4.98 Å². The molecule has 5 heteroatoms. The highest BCUT2D eigenvalue weighted by atomic mass is 35.5. The standard InChI is InChI=1S/C16H17ClN2O2/c1-10-18-6-7-19(10)15-5-4-12(8-14(15)17)13(9-16(20)21)11-2-3-11/h4-8,11,13H,2-3,9H2,1H3,(H,20,21). The van der Waals surface area contributed by atoms with Gasteiger partial charge in [0.05, 0.1) is 17.1 Å². The first-order chi connectivity index (χ1) is 10.1. The van der Waals surface area contributed by atoms with Crippen LogP contribution in [0.3, 0.4) is 0 Å². The lowest BCUT2D eigenvalue weighted by atomic mass is 9.91. The van der Waals surface area contributed by atoms with E-state index in [1.54, 1.807) is 6.20 Å². The monoisotopic (exact) mass is 304 g/mol. The van der Waals surface area contributed by atoms with Gasteiger partial charge in [0.15, 0.2) is 0 Å². The van der Waals surface area contributed by atoms with E-state index in [4.69, 9.17) is 16.7 Å². The van der Waals surface area contributed by atoms with E-state index >= 15 is 0 Å². The van der Waals surface area contributed by atoms with E-state index in [0.29, 0.717) is 10.9 Å². The van der Waals surface area contributed by atoms with Gasteiger partial charge in [-0.15, -0.1) is 0 Å². The number of carboxylic acid groups (broad SMARTS) is 1. The number of halogens is 1. The van der Waals surface area contributed by atoms with Gasteiger partial charge in [0, 0.05) is 12.4 Å². The second-order valence-corrected chi connectivity index (χ2v) is 6.00. The molecule has 1 N–H and O–H groups in total. The molecule has 110 valence electrons. The van der Waals surface area contributed by atoms with Crippen LogP contribution in [0.2, 0.25) is 5.02 Å². The minimum Gasteiger partial charge on any atom is -0.481 e. The highest BCUT2D eigenvalue weighted by molar-refractivity contribution is 6.32. The molecule has 0 bridgehead atoms. The summed E-state index contributed by atoms with van der Waals surface area (Å²) >= 11 is 6.40. The van der Waals surface area contributed by atoms with E-state index in [1.807, 2.05) is 35.9 Å². The van der Waals surface area contributed by atoms with Crippen molar-refractivity contribution in [3.63, 3.8) is 0 Å². The van der Waals surface area contributed by atoms with Gasteiger partial charge in [0.25, 0.3) is 0 Å². The van der Waals surface area contributed by atoms with Crippen LogP contribution in [0.4, 0.5) is 0 Å². The third-order valence-corrected chi connectivity index (χ3v) is 4.37. The second kappa shape index (κ2) is 5.53. The number of aryl methyl sites for hydroxylation is 1. The topological polar surface area (TPSA) is 55.1 Å². The van der Waals surface area contributed by atoms with Gasteiger partial charge in [0.1, 0.15) is 5.82 Å². The molecule has 0 spiro atoms. The molecule has 1 heterocycles. The second-order valence-electron chi connectivity index (χ2n) is 5.60. The highest BCUT2D eigenvalue weighted by Gasteiger charge is 2.34. The van der Waals surface area contributed by atoms with Gasteiger partial charge < -0.3 is 9.67 Å². The van der Waals surface area contributed by atoms with Crippen LogP contribution in [0, 0.1) is 12.8 Å². The summed E-state index contributed by atoms with van der Waals surface area (Å²) in [6.45, 7) is 1.92. The predicted octanol–water partition coefficient (Wildman–Crippen LogP) is 3.80. The first-order valence-corrected chi connectivity index (χ1v) is 7.45. The summed E-state index contributed by atoms with van der Waals surface area (Å²) in [6, 6.07) is 5.85. The number of hydrogen-bond donors (Lipinski definition) is 1. The molecule has 1 atom stereocenters. The van der Waals surface area contributed by atoms with E-state index in [0.717, 1.165) is 29.9 Å². The number of rotatable bonds is 5. The van der Waals surface area contributed by atoms with Crippen molar-refractivity contribution >= 4 is 17.6 Å². The molecule has 1 aromatic carbocycles. The maximum atomic E-state index is 11.1. The summed E-state index contributed by atoms with van der Waals surface area (Å²) in [6.07, 6.45) is 5.99. The van der Waals surface area contributed by atoms with Crippen LogP contribution in [0.1, 0.15) is 36.6 Å². The Labute approximate surface area is 128 Å². The fourth-order valence-corrected chi connectivity index (χ4v) is 3.11. The Balaban J connectivity index is 1.93. The highest BCUT2D eigenvalue weighted by Crippen LogP contribution is 2.45. The Kier molecular flexibility index (Phi) is 3.72. The minimum absolute atomic E-state index is 0.0675. The zero-order chi connectivity index (χ0) is 15.0. The van der Waals surface area contributed by atoms with E-state index in [-0.39, 0.29) is 12.3 Å². The molecular formula is C16H17ClN2O2. The number of nitrogens with zero attached hydrogens (tertiary/aromatic N) is 2. The van der Waals surface area contributed by atoms with Crippen LogP contribution in [0.25, 0.3) is 5.69 Å². The zero-order valence-electron chi connectivity index (χ0n) is 11.8. The smallest absolute Gasteiger partial charge is 0.303 e. The normalized spacial score (nSPS) is 15.9. The first kappa shape index (κ1) is 14.1. The fraction of sp³-hybridized carbons (Fsp3) is 0.375. The molecule has 1 saturated carbocycles. The van der Waals surface area contributed by atoms with E-state index in [9.17, 15) is 4.79 Å². The number of hydrogen-bond acceptors (Lipinski definition) is 2. The van der Waals surface area contributed by atoms with Crippen LogP contribution in [0.15, 0.2) is 30.6 Å². The lowest BCUT2D eigenvalue weighted by molar-refractivity contribution is -0.137. The average molecular weight is 305 g/mol. The van der Waals surface area contributed by atoms with Gasteiger partial charge in [-0.2, -0.15) is 0 Å². The van der Waals surface area contributed by atoms with Crippen molar-refractivity contribution in [1.82, 2.24) is 9.55 Å². The zero-order valence-corrected chi connectivity index (χ0v) is 12.5. The van der Waals surface area contributed by atoms with Crippen LogP contribution in [-0.4, -0.2) is 20.6 Å². The largest absolute Gasteiger partial charge is 0.481 e. The van der Waals surface area contributed by atoms with Gasteiger partial charge in [-0.1, -0.05) is 17.7 Å². The summed E-state index contributed by atoms with van der Waals surface area (Å²) in [5.41, 5.74) is 1.90. The maximum absolute atomic E-state index is 11.1. The number of carbonyl (C=O) groups is 1. The van der Waals surface area contributed by atoms with Crippen LogP contribution in [0.5, 0.6) is 0 Å². The quantitative estimate of drug-likeness (QED) is 0.914. The van der Waals surface area contributed by atoms with Crippen molar-refractivity contribution in [3.8, 4) is 5.69 Å². The summed E-state index contributed by atoms with van der Waals surface area (Å²) < 4.78 is 1.93. The molecule has 0 amide bonds. The fourth-order valence-electron chi connectivity index (χ4n) is 2.83. The Morgan fingerprint density at radius 3 is 2.81 bits per heavy atom. The third-order valence-electron chi connectivity index (χ3n) is 4.07. The molecule has 1 aliphatic rings. The molecule has 1 fully saturated rings. The molecule has 1 aromatic heterocycles. The molecular weight excluding hydrogens is 288 g/mol. The van der Waals surface area contributed by atoms with Gasteiger partial charge in [-0.25, -0.2) is 4.98 Å². The number of imidazole rings is 1. The van der Waals surface area contributed by atoms with Crippen molar-refractivity contribution in [2.24, 2.45) is 5.92 Å². The predicted molar refractivity (Wildman–Crippen MR) is 81.0 cm³/mol. The molecule has 2 aromatic rings. The SMILES string of the molecule is Cc1nccn1-c1ccc(C(CC(=O)O)C2CC2)cc1Cl. The van der Waals surface area contributed by atoms with Gasteiger partial charge in [-0.05, 0) is 49.3 Å². The minimum atomic E-state index is -0.752. The lowest BCUT2D eigenvalue weighted by Crippen LogP contribution is -2.09. The van der Waals surface area contributed by atoms with Crippen molar-refractivity contribution < 1.29 is 9.90 Å². The molecule has 1 unspecified atom stereocenters. The average Bonchev–Trinajstić information content (AvgIpc) is 3.18. The van der Waals surface area contributed by atoms with Crippen molar-refractivity contribution in [2.45, 2.75) is 32.1 Å². The van der Waals surface area contributed by atoms with Crippen LogP contribution < -0.4 is 0 Å². The Morgan fingerprint density at radius 1 is 1.52 bits per heavy atom. The van der Waals surface area contributed by atoms with Crippen molar-refractivity contribution in [2.75, 3.05) is 0 Å². The Morgan fingerprint density at radius 2 is 2.29 bits per heavy atom. The molecule has 3 rings (SSSR count). The lowest BCUT2D eigenvalue weighted by Gasteiger charge is -2.16. The van der Waals surface area contributed by atoms with Crippen LogP contribution >= 0.6 is 11.6 Å². The molecule has 0 aliphatic heterocycles. The van der Waals surface area contributed by atoms with E-state index < -0.39 is 5.97 Å². The molecule has 4 nitrogen and oxygen atoms in total. The number of benzene rings is 1. The maximum Gasteiger partial charge on any atom is 0.303 e. The van der Waals surface area contributed by atoms with Gasteiger partial charge >= 0.3 is 5.97 Å². The summed E-state index contributed by atoms with van der Waals surface area (Å²) in [4.78, 5) is 15.2. The molecule has 0 radical (unpaired) electrons. The van der Waals surface area contributed by atoms with Gasteiger partial charge in [0.2, 0.25) is 0 Å². The molecule has 21 heavy (non-hydrogen) atoms. The Bertz CT molecular complexity index is 677. The summed E-state index contributed by atoms with van der Waals surface area (Å²) in [5, 5.41) is 9.72. The van der Waals surface area contributed by atoms with Crippen molar-refractivity contribution in [1.29, 1.82) is 0 Å². The first-order valence-electron chi connectivity index (χ1n) is 7.08.